The summed E-state index contributed by atoms with van der Waals surface area (Å²) in [5, 5.41) is 5.50. The normalized spacial score (nSPS) is 13.9. The van der Waals surface area contributed by atoms with Crippen LogP contribution in [0, 0.1) is 13.8 Å². The Labute approximate surface area is 256 Å². The smallest absolute Gasteiger partial charge is 0.408 e. The summed E-state index contributed by atoms with van der Waals surface area (Å²) < 4.78 is 11.0. The predicted molar refractivity (Wildman–Crippen MR) is 167 cm³/mol. The van der Waals surface area contributed by atoms with Crippen LogP contribution in [0.2, 0.25) is 0 Å². The fourth-order valence-corrected chi connectivity index (χ4v) is 4.49. The van der Waals surface area contributed by atoms with Gasteiger partial charge in [-0.2, -0.15) is 0 Å². The number of amides is 3. The third-order valence-corrected chi connectivity index (χ3v) is 6.58. The average molecular weight is 596 g/mol. The molecule has 2 aromatic rings. The van der Waals surface area contributed by atoms with Crippen molar-refractivity contribution < 1.29 is 28.7 Å². The molecule has 43 heavy (non-hydrogen) atoms. The molecule has 2 rings (SSSR count). The van der Waals surface area contributed by atoms with E-state index in [9.17, 15) is 19.2 Å². The highest BCUT2D eigenvalue weighted by Crippen LogP contribution is 2.27. The van der Waals surface area contributed by atoms with Crippen LogP contribution in [-0.4, -0.2) is 58.1 Å². The van der Waals surface area contributed by atoms with Gasteiger partial charge in [0.2, 0.25) is 11.8 Å². The molecule has 0 aliphatic rings. The van der Waals surface area contributed by atoms with Crippen LogP contribution in [0.3, 0.4) is 0 Å². The maximum Gasteiger partial charge on any atom is 0.408 e. The summed E-state index contributed by atoms with van der Waals surface area (Å²) in [5.41, 5.74) is 1.87. The summed E-state index contributed by atoms with van der Waals surface area (Å²) >= 11 is 0. The van der Waals surface area contributed by atoms with E-state index in [1.165, 1.54) is 4.90 Å². The minimum Gasteiger partial charge on any atom is -0.458 e. The van der Waals surface area contributed by atoms with Crippen molar-refractivity contribution in [3.05, 3.63) is 70.8 Å². The van der Waals surface area contributed by atoms with Gasteiger partial charge < -0.3 is 25.0 Å². The molecule has 3 atom stereocenters. The van der Waals surface area contributed by atoms with E-state index in [0.717, 1.165) is 16.7 Å². The van der Waals surface area contributed by atoms with Crippen molar-refractivity contribution in [2.24, 2.45) is 0 Å². The molecule has 236 valence electrons. The summed E-state index contributed by atoms with van der Waals surface area (Å²) in [6.07, 6.45) is -0.537. The predicted octanol–water partition coefficient (Wildman–Crippen LogP) is 5.56. The van der Waals surface area contributed by atoms with Crippen LogP contribution < -0.4 is 10.6 Å². The van der Waals surface area contributed by atoms with Crippen molar-refractivity contribution in [2.75, 3.05) is 0 Å². The first kappa shape index (κ1) is 35.3. The maximum absolute atomic E-state index is 14.3. The lowest BCUT2D eigenvalue weighted by Gasteiger charge is -2.37. The highest BCUT2D eigenvalue weighted by atomic mass is 16.6. The molecule has 3 unspecified atom stereocenters. The van der Waals surface area contributed by atoms with E-state index in [1.54, 1.807) is 68.4 Å². The van der Waals surface area contributed by atoms with Crippen LogP contribution in [-0.2, 0) is 30.3 Å². The Kier molecular flexibility index (Phi) is 11.9. The number of carbonyl (C=O) groups excluding carboxylic acids is 4. The molecular weight excluding hydrogens is 546 g/mol. The van der Waals surface area contributed by atoms with Crippen molar-refractivity contribution >= 4 is 23.9 Å². The van der Waals surface area contributed by atoms with Gasteiger partial charge in [-0.25, -0.2) is 9.59 Å². The van der Waals surface area contributed by atoms with Gasteiger partial charge >= 0.3 is 12.1 Å². The second-order valence-electron chi connectivity index (χ2n) is 13.2. The molecule has 0 radical (unpaired) electrons. The first-order chi connectivity index (χ1) is 19.8. The van der Waals surface area contributed by atoms with Gasteiger partial charge in [-0.15, -0.1) is 0 Å². The summed E-state index contributed by atoms with van der Waals surface area (Å²) in [4.78, 5) is 55.5. The molecular formula is C34H49N3O6. The van der Waals surface area contributed by atoms with Crippen LogP contribution >= 0.6 is 0 Å². The summed E-state index contributed by atoms with van der Waals surface area (Å²) in [7, 11) is 0. The van der Waals surface area contributed by atoms with Crippen molar-refractivity contribution in [3.63, 3.8) is 0 Å². The zero-order chi connectivity index (χ0) is 32.7. The van der Waals surface area contributed by atoms with Crippen molar-refractivity contribution in [2.45, 2.75) is 118 Å². The number of nitrogens with one attached hydrogen (secondary N) is 2. The Balaban J connectivity index is 2.54. The molecule has 9 nitrogen and oxygen atoms in total. The molecule has 0 aromatic heterocycles. The van der Waals surface area contributed by atoms with Crippen molar-refractivity contribution in [3.8, 4) is 0 Å². The van der Waals surface area contributed by atoms with E-state index >= 15 is 0 Å². The monoisotopic (exact) mass is 595 g/mol. The molecule has 2 N–H and O–H groups in total. The van der Waals surface area contributed by atoms with Gasteiger partial charge in [0.05, 0.1) is 0 Å². The van der Waals surface area contributed by atoms with Gasteiger partial charge in [0.25, 0.3) is 0 Å². The van der Waals surface area contributed by atoms with Crippen LogP contribution in [0.5, 0.6) is 0 Å². The lowest BCUT2D eigenvalue weighted by atomic mass is 9.96. The van der Waals surface area contributed by atoms with Gasteiger partial charge in [-0.3, -0.25) is 9.59 Å². The molecule has 0 spiro atoms. The molecule has 0 saturated carbocycles. The summed E-state index contributed by atoms with van der Waals surface area (Å²) in [5.74, 6) is -1.59. The van der Waals surface area contributed by atoms with E-state index in [-0.39, 0.29) is 6.42 Å². The lowest BCUT2D eigenvalue weighted by Crippen LogP contribution is -2.56. The van der Waals surface area contributed by atoms with Crippen LogP contribution in [0.15, 0.2) is 48.5 Å². The zero-order valence-electron chi connectivity index (χ0n) is 27.5. The number of carbonyl (C=O) groups is 4. The quantitative estimate of drug-likeness (QED) is 0.348. The van der Waals surface area contributed by atoms with Crippen LogP contribution in [0.25, 0.3) is 0 Å². The molecule has 0 saturated heterocycles. The number of ether oxygens (including phenoxy) is 2. The van der Waals surface area contributed by atoms with E-state index in [4.69, 9.17) is 9.47 Å². The van der Waals surface area contributed by atoms with E-state index in [1.807, 2.05) is 56.3 Å². The number of nitrogens with zero attached hydrogens (tertiary/aromatic N) is 1. The average Bonchev–Trinajstić information content (AvgIpc) is 2.86. The standard InChI is InChI=1S/C34H49N3O6/c1-21(2)37(30(39)24(5)35-32(41)43-34(9,10)11)28(26-18-17-22(3)23(4)19-26)29(38)36-27(31(40)42-33(6,7)8)20-25-15-13-12-14-16-25/h12-19,21,24,27-28H,20H2,1-11H3,(H,35,41)(H,36,38). The SMILES string of the molecule is Cc1ccc(C(C(=O)NC(Cc2ccccc2)C(=O)OC(C)(C)C)N(C(=O)C(C)NC(=O)OC(C)(C)C)C(C)C)cc1C. The van der Waals surface area contributed by atoms with Gasteiger partial charge in [-0.1, -0.05) is 48.5 Å². The van der Waals surface area contributed by atoms with Gasteiger partial charge in [0, 0.05) is 12.5 Å². The molecule has 0 fully saturated rings. The number of hydrogen-bond donors (Lipinski definition) is 2. The Bertz CT molecular complexity index is 1280. The highest BCUT2D eigenvalue weighted by Gasteiger charge is 2.38. The summed E-state index contributed by atoms with van der Waals surface area (Å²) in [6.45, 7) is 19.5. The number of benzene rings is 2. The van der Waals surface area contributed by atoms with Gasteiger partial charge in [0.15, 0.2) is 0 Å². The number of aryl methyl sites for hydroxylation is 2. The number of rotatable bonds is 10. The Morgan fingerprint density at radius 1 is 0.791 bits per heavy atom. The molecule has 0 heterocycles. The second kappa shape index (κ2) is 14.5. The van der Waals surface area contributed by atoms with Crippen LogP contribution in [0.4, 0.5) is 4.79 Å². The first-order valence-electron chi connectivity index (χ1n) is 14.7. The third-order valence-electron chi connectivity index (χ3n) is 6.58. The molecule has 0 bridgehead atoms. The number of esters is 1. The maximum atomic E-state index is 14.3. The zero-order valence-corrected chi connectivity index (χ0v) is 27.5. The highest BCUT2D eigenvalue weighted by molar-refractivity contribution is 5.94. The van der Waals surface area contributed by atoms with Crippen molar-refractivity contribution in [1.82, 2.24) is 15.5 Å². The molecule has 0 aliphatic carbocycles. The minimum absolute atomic E-state index is 0.202. The Morgan fingerprint density at radius 2 is 1.37 bits per heavy atom. The Morgan fingerprint density at radius 3 is 1.88 bits per heavy atom. The fraction of sp³-hybridized carbons (Fsp3) is 0.529. The topological polar surface area (TPSA) is 114 Å². The first-order valence-corrected chi connectivity index (χ1v) is 14.7. The molecule has 3 amide bonds. The second-order valence-corrected chi connectivity index (χ2v) is 13.2. The number of alkyl carbamates (subject to hydrolysis) is 1. The van der Waals surface area contributed by atoms with Crippen LogP contribution in [0.1, 0.15) is 90.6 Å². The summed E-state index contributed by atoms with van der Waals surface area (Å²) in [6, 6.07) is 11.4. The largest absolute Gasteiger partial charge is 0.458 e. The van der Waals surface area contributed by atoms with Gasteiger partial charge in [0.1, 0.15) is 29.3 Å². The molecule has 0 aliphatic heterocycles. The lowest BCUT2D eigenvalue weighted by molar-refractivity contribution is -0.159. The van der Waals surface area contributed by atoms with Crippen molar-refractivity contribution in [1.29, 1.82) is 0 Å². The number of hydrogen-bond acceptors (Lipinski definition) is 6. The molecule has 9 heteroatoms. The van der Waals surface area contributed by atoms with E-state index < -0.39 is 59.2 Å². The minimum atomic E-state index is -1.10. The molecule has 2 aromatic carbocycles. The van der Waals surface area contributed by atoms with E-state index in [0.29, 0.717) is 5.56 Å². The Hall–Kier alpha value is -3.88. The van der Waals surface area contributed by atoms with Gasteiger partial charge in [-0.05, 0) is 98.4 Å². The fourth-order valence-electron chi connectivity index (χ4n) is 4.49. The third kappa shape index (κ3) is 11.0. The van der Waals surface area contributed by atoms with E-state index in [2.05, 4.69) is 10.6 Å².